The van der Waals surface area contributed by atoms with Crippen LogP contribution in [0.1, 0.15) is 112 Å². The molecular weight excluding hydrogens is 228 g/mol. The molecule has 0 radical (unpaired) electrons. The standard InChI is InChI=1S/C19H40/c1-6-9-11-12-14-17-19(5,16-13-10-7-2)18(4)15-8-3/h18H,6-17H2,1-5H3. The van der Waals surface area contributed by atoms with Gasteiger partial charge in [0, 0.05) is 0 Å². The molecule has 0 aromatic carbocycles. The monoisotopic (exact) mass is 268 g/mol. The Morgan fingerprint density at radius 2 is 1.16 bits per heavy atom. The molecule has 0 aromatic rings. The van der Waals surface area contributed by atoms with Crippen molar-refractivity contribution in [2.75, 3.05) is 0 Å². The van der Waals surface area contributed by atoms with Crippen LogP contribution in [-0.4, -0.2) is 0 Å². The van der Waals surface area contributed by atoms with Crippen LogP contribution in [0, 0.1) is 11.3 Å². The van der Waals surface area contributed by atoms with Gasteiger partial charge in [-0.1, -0.05) is 98.8 Å². The van der Waals surface area contributed by atoms with E-state index in [1.165, 1.54) is 77.0 Å². The minimum absolute atomic E-state index is 0.609. The second kappa shape index (κ2) is 11.8. The van der Waals surface area contributed by atoms with E-state index in [0.717, 1.165) is 5.92 Å². The molecule has 0 aliphatic rings. The lowest BCUT2D eigenvalue weighted by atomic mass is 9.69. The molecule has 0 spiro atoms. The molecule has 0 aromatic heterocycles. The van der Waals surface area contributed by atoms with Crippen molar-refractivity contribution in [1.29, 1.82) is 0 Å². The van der Waals surface area contributed by atoms with Crippen molar-refractivity contribution in [2.45, 2.75) is 112 Å². The first kappa shape index (κ1) is 19.0. The van der Waals surface area contributed by atoms with Gasteiger partial charge < -0.3 is 0 Å². The molecule has 0 saturated carbocycles. The van der Waals surface area contributed by atoms with E-state index in [1.54, 1.807) is 0 Å². The Morgan fingerprint density at radius 1 is 0.684 bits per heavy atom. The van der Waals surface area contributed by atoms with Crippen molar-refractivity contribution >= 4 is 0 Å². The van der Waals surface area contributed by atoms with Crippen molar-refractivity contribution in [3.63, 3.8) is 0 Å². The molecule has 0 saturated heterocycles. The van der Waals surface area contributed by atoms with Crippen molar-refractivity contribution in [1.82, 2.24) is 0 Å². The zero-order chi connectivity index (χ0) is 14.6. The molecule has 0 fully saturated rings. The maximum absolute atomic E-state index is 2.57. The summed E-state index contributed by atoms with van der Waals surface area (Å²) in [5.41, 5.74) is 0.609. The molecule has 2 atom stereocenters. The average Bonchev–Trinajstić information content (AvgIpc) is 2.39. The highest BCUT2D eigenvalue weighted by Gasteiger charge is 2.29. The fourth-order valence-electron chi connectivity index (χ4n) is 3.31. The highest BCUT2D eigenvalue weighted by molar-refractivity contribution is 4.80. The highest BCUT2D eigenvalue weighted by atomic mass is 14.3. The summed E-state index contributed by atoms with van der Waals surface area (Å²) < 4.78 is 0. The van der Waals surface area contributed by atoms with Crippen LogP contribution in [0.5, 0.6) is 0 Å². The second-order valence-electron chi connectivity index (χ2n) is 6.97. The minimum Gasteiger partial charge on any atom is -0.0654 e. The fraction of sp³-hybridized carbons (Fsp3) is 1.00. The number of hydrogen-bond donors (Lipinski definition) is 0. The van der Waals surface area contributed by atoms with Gasteiger partial charge in [0.05, 0.1) is 0 Å². The van der Waals surface area contributed by atoms with Gasteiger partial charge >= 0.3 is 0 Å². The molecule has 0 nitrogen and oxygen atoms in total. The van der Waals surface area contributed by atoms with E-state index in [2.05, 4.69) is 34.6 Å². The molecule has 0 heterocycles. The van der Waals surface area contributed by atoms with E-state index in [-0.39, 0.29) is 0 Å². The van der Waals surface area contributed by atoms with Gasteiger partial charge in [0.15, 0.2) is 0 Å². The van der Waals surface area contributed by atoms with Crippen LogP contribution in [0.4, 0.5) is 0 Å². The summed E-state index contributed by atoms with van der Waals surface area (Å²) in [7, 11) is 0. The second-order valence-corrected chi connectivity index (χ2v) is 6.97. The van der Waals surface area contributed by atoms with Gasteiger partial charge in [-0.15, -0.1) is 0 Å². The van der Waals surface area contributed by atoms with Crippen LogP contribution in [0.15, 0.2) is 0 Å². The average molecular weight is 269 g/mol. The Kier molecular flexibility index (Phi) is 11.8. The Labute approximate surface area is 123 Å². The molecule has 2 unspecified atom stereocenters. The zero-order valence-electron chi connectivity index (χ0n) is 14.6. The Morgan fingerprint density at radius 3 is 1.68 bits per heavy atom. The Balaban J connectivity index is 4.15. The number of unbranched alkanes of at least 4 members (excludes halogenated alkanes) is 6. The van der Waals surface area contributed by atoms with E-state index in [9.17, 15) is 0 Å². The maximum atomic E-state index is 2.57. The minimum atomic E-state index is 0.609. The predicted molar refractivity (Wildman–Crippen MR) is 89.7 cm³/mol. The molecule has 0 aliphatic heterocycles. The molecule has 0 bridgehead atoms. The molecule has 0 heteroatoms. The Bertz CT molecular complexity index is 184. The van der Waals surface area contributed by atoms with Crippen LogP contribution in [0.2, 0.25) is 0 Å². The highest BCUT2D eigenvalue weighted by Crippen LogP contribution is 2.40. The number of hydrogen-bond acceptors (Lipinski definition) is 0. The summed E-state index contributed by atoms with van der Waals surface area (Å²) in [4.78, 5) is 0. The quantitative estimate of drug-likeness (QED) is 0.306. The van der Waals surface area contributed by atoms with Crippen LogP contribution < -0.4 is 0 Å². The lowest BCUT2D eigenvalue weighted by Gasteiger charge is -2.36. The van der Waals surface area contributed by atoms with E-state index in [4.69, 9.17) is 0 Å². The van der Waals surface area contributed by atoms with Gasteiger partial charge in [0.1, 0.15) is 0 Å². The topological polar surface area (TPSA) is 0 Å². The van der Waals surface area contributed by atoms with Gasteiger partial charge in [0.25, 0.3) is 0 Å². The lowest BCUT2D eigenvalue weighted by Crippen LogP contribution is -2.25. The first-order valence-corrected chi connectivity index (χ1v) is 9.10. The molecule has 19 heavy (non-hydrogen) atoms. The third kappa shape index (κ3) is 8.71. The summed E-state index contributed by atoms with van der Waals surface area (Å²) in [5.74, 6) is 0.903. The van der Waals surface area contributed by atoms with Gasteiger partial charge in [0.2, 0.25) is 0 Å². The van der Waals surface area contributed by atoms with Crippen LogP contribution in [0.3, 0.4) is 0 Å². The summed E-state index contributed by atoms with van der Waals surface area (Å²) >= 11 is 0. The molecule has 0 N–H and O–H groups in total. The lowest BCUT2D eigenvalue weighted by molar-refractivity contribution is 0.146. The van der Waals surface area contributed by atoms with E-state index < -0.39 is 0 Å². The van der Waals surface area contributed by atoms with Crippen LogP contribution in [0.25, 0.3) is 0 Å². The largest absolute Gasteiger partial charge is 0.0654 e. The zero-order valence-corrected chi connectivity index (χ0v) is 14.6. The van der Waals surface area contributed by atoms with Crippen LogP contribution in [-0.2, 0) is 0 Å². The molecular formula is C19H40. The van der Waals surface area contributed by atoms with Crippen molar-refractivity contribution in [2.24, 2.45) is 11.3 Å². The van der Waals surface area contributed by atoms with E-state index in [1.807, 2.05) is 0 Å². The van der Waals surface area contributed by atoms with Gasteiger partial charge in [-0.25, -0.2) is 0 Å². The predicted octanol–water partition coefficient (Wildman–Crippen LogP) is 7.37. The van der Waals surface area contributed by atoms with Gasteiger partial charge in [-0.2, -0.15) is 0 Å². The van der Waals surface area contributed by atoms with Crippen molar-refractivity contribution in [3.05, 3.63) is 0 Å². The van der Waals surface area contributed by atoms with Gasteiger partial charge in [-0.05, 0) is 24.2 Å². The van der Waals surface area contributed by atoms with Crippen molar-refractivity contribution in [3.8, 4) is 0 Å². The summed E-state index contributed by atoms with van der Waals surface area (Å²) in [6.07, 6.45) is 17.0. The van der Waals surface area contributed by atoms with E-state index >= 15 is 0 Å². The summed E-state index contributed by atoms with van der Waals surface area (Å²) in [6.45, 7) is 12.0. The molecule has 116 valence electrons. The first-order valence-electron chi connectivity index (χ1n) is 9.10. The molecule has 0 aliphatic carbocycles. The maximum Gasteiger partial charge on any atom is -0.0300 e. The normalized spacial score (nSPS) is 16.3. The first-order chi connectivity index (χ1) is 9.10. The summed E-state index contributed by atoms with van der Waals surface area (Å²) in [6, 6.07) is 0. The fourth-order valence-corrected chi connectivity index (χ4v) is 3.31. The number of rotatable bonds is 13. The van der Waals surface area contributed by atoms with Crippen molar-refractivity contribution < 1.29 is 0 Å². The summed E-state index contributed by atoms with van der Waals surface area (Å²) in [5, 5.41) is 0. The Hall–Kier alpha value is 0. The SMILES string of the molecule is CCCCCCCC(C)(CCCCC)C(C)CCC. The van der Waals surface area contributed by atoms with E-state index in [0.29, 0.717) is 5.41 Å². The third-order valence-electron chi connectivity index (χ3n) is 5.11. The molecule has 0 rings (SSSR count). The van der Waals surface area contributed by atoms with Gasteiger partial charge in [-0.3, -0.25) is 0 Å². The smallest absolute Gasteiger partial charge is 0.0300 e. The molecule has 0 amide bonds. The third-order valence-corrected chi connectivity index (χ3v) is 5.11. The van der Waals surface area contributed by atoms with Crippen LogP contribution >= 0.6 is 0 Å².